The molecular weight excluding hydrogens is 349 g/mol. The third kappa shape index (κ3) is 3.16. The molecule has 0 aliphatic heterocycles. The van der Waals surface area contributed by atoms with E-state index < -0.39 is 17.8 Å². The summed E-state index contributed by atoms with van der Waals surface area (Å²) in [5.74, 6) is 0. The fourth-order valence-corrected chi connectivity index (χ4v) is 3.30. The van der Waals surface area contributed by atoms with Gasteiger partial charge in [0.2, 0.25) is 0 Å². The van der Waals surface area contributed by atoms with Crippen molar-refractivity contribution in [1.82, 2.24) is 9.55 Å². The largest absolute Gasteiger partial charge is 0.408 e. The summed E-state index contributed by atoms with van der Waals surface area (Å²) in [4.78, 5) is 18.1. The molecule has 0 saturated heterocycles. The third-order valence-electron chi connectivity index (χ3n) is 4.02. The van der Waals surface area contributed by atoms with Crippen LogP contribution in [0.4, 0.5) is 13.2 Å². The number of rotatable bonds is 3. The Labute approximate surface area is 146 Å². The second kappa shape index (κ2) is 6.55. The highest BCUT2D eigenvalue weighted by Crippen LogP contribution is 2.33. The number of thioether (sulfide) groups is 1. The van der Waals surface area contributed by atoms with Gasteiger partial charge in [0.1, 0.15) is 11.7 Å². The van der Waals surface area contributed by atoms with Gasteiger partial charge in [-0.15, -0.1) is 11.8 Å². The van der Waals surface area contributed by atoms with Crippen LogP contribution in [0.3, 0.4) is 0 Å². The highest BCUT2D eigenvalue weighted by atomic mass is 32.2. The number of nitrogens with zero attached hydrogens (tertiary/aromatic N) is 2. The van der Waals surface area contributed by atoms with Gasteiger partial charge < -0.3 is 0 Å². The first kappa shape index (κ1) is 17.5. The molecule has 0 saturated carbocycles. The van der Waals surface area contributed by atoms with Crippen LogP contribution in [0, 0.1) is 0 Å². The summed E-state index contributed by atoms with van der Waals surface area (Å²) in [6.07, 6.45) is -2.69. The van der Waals surface area contributed by atoms with Crippen molar-refractivity contribution in [3.63, 3.8) is 0 Å². The molecule has 1 atom stereocenters. The van der Waals surface area contributed by atoms with E-state index in [9.17, 15) is 18.0 Å². The van der Waals surface area contributed by atoms with E-state index in [0.717, 1.165) is 16.4 Å². The Morgan fingerprint density at radius 1 is 1.08 bits per heavy atom. The van der Waals surface area contributed by atoms with Crippen LogP contribution >= 0.6 is 11.8 Å². The number of aromatic nitrogens is 2. The number of hydrogen-bond donors (Lipinski definition) is 0. The maximum Gasteiger partial charge on any atom is 0.408 e. The van der Waals surface area contributed by atoms with Gasteiger partial charge in [0.05, 0.1) is 11.0 Å². The molecule has 130 valence electrons. The predicted molar refractivity (Wildman–Crippen MR) is 94.0 cm³/mol. The maximum absolute atomic E-state index is 13.3. The number of para-hydroxylation sites is 2. The van der Waals surface area contributed by atoms with Crippen LogP contribution in [0.5, 0.6) is 0 Å². The molecule has 0 N–H and O–H groups in total. The number of benzene rings is 2. The van der Waals surface area contributed by atoms with Crippen LogP contribution < -0.4 is 5.56 Å². The molecule has 3 nitrogen and oxygen atoms in total. The van der Waals surface area contributed by atoms with Gasteiger partial charge in [-0.05, 0) is 31.4 Å². The third-order valence-corrected chi connectivity index (χ3v) is 4.81. The fraction of sp³-hybridized carbons (Fsp3) is 0.222. The van der Waals surface area contributed by atoms with Crippen molar-refractivity contribution in [2.24, 2.45) is 0 Å². The van der Waals surface area contributed by atoms with Gasteiger partial charge in [-0.3, -0.25) is 9.36 Å². The minimum absolute atomic E-state index is 0.0275. The Hall–Kier alpha value is -2.28. The van der Waals surface area contributed by atoms with E-state index in [1.165, 1.54) is 17.8 Å². The van der Waals surface area contributed by atoms with Crippen molar-refractivity contribution in [2.75, 3.05) is 6.26 Å². The quantitative estimate of drug-likeness (QED) is 0.620. The van der Waals surface area contributed by atoms with Gasteiger partial charge in [-0.25, -0.2) is 4.98 Å². The van der Waals surface area contributed by atoms with Crippen LogP contribution in [-0.4, -0.2) is 22.0 Å². The van der Waals surface area contributed by atoms with Crippen molar-refractivity contribution in [1.29, 1.82) is 0 Å². The predicted octanol–water partition coefficient (Wildman–Crippen LogP) is 4.91. The first-order valence-electron chi connectivity index (χ1n) is 7.56. The van der Waals surface area contributed by atoms with E-state index in [1.807, 2.05) is 18.4 Å². The standard InChI is InChI=1S/C18H15F3N2OS/c1-11(18(19,20)21)23-14-9-5-4-8-13(14)22-16(17(23)24)12-7-3-6-10-15(12)25-2/h3-11H,1-2H3. The average Bonchev–Trinajstić information content (AvgIpc) is 2.60. The Balaban J connectivity index is 2.40. The molecule has 0 fully saturated rings. The topological polar surface area (TPSA) is 34.9 Å². The fourth-order valence-electron chi connectivity index (χ4n) is 2.70. The first-order chi connectivity index (χ1) is 11.8. The Morgan fingerprint density at radius 2 is 1.72 bits per heavy atom. The minimum Gasteiger partial charge on any atom is -0.293 e. The van der Waals surface area contributed by atoms with Crippen LogP contribution in [-0.2, 0) is 0 Å². The number of alkyl halides is 3. The smallest absolute Gasteiger partial charge is 0.293 e. The van der Waals surface area contributed by atoms with E-state index in [4.69, 9.17) is 0 Å². The molecule has 0 radical (unpaired) electrons. The van der Waals surface area contributed by atoms with Crippen molar-refractivity contribution >= 4 is 22.8 Å². The Morgan fingerprint density at radius 3 is 2.40 bits per heavy atom. The molecule has 7 heteroatoms. The number of halogens is 3. The van der Waals surface area contributed by atoms with Crippen LogP contribution in [0.2, 0.25) is 0 Å². The molecule has 0 spiro atoms. The molecule has 3 rings (SSSR count). The average molecular weight is 364 g/mol. The molecule has 25 heavy (non-hydrogen) atoms. The Bertz CT molecular complexity index is 982. The lowest BCUT2D eigenvalue weighted by Gasteiger charge is -2.21. The van der Waals surface area contributed by atoms with Gasteiger partial charge in [-0.1, -0.05) is 30.3 Å². The molecule has 0 bridgehead atoms. The SMILES string of the molecule is CSc1ccccc1-c1nc2ccccc2n(C(C)C(F)(F)F)c1=O. The maximum atomic E-state index is 13.3. The second-order valence-corrected chi connectivity index (χ2v) is 6.39. The summed E-state index contributed by atoms with van der Waals surface area (Å²) in [7, 11) is 0. The molecule has 0 aliphatic carbocycles. The molecule has 3 aromatic rings. The van der Waals surface area contributed by atoms with Gasteiger partial charge in [0.25, 0.3) is 5.56 Å². The molecule has 1 aromatic heterocycles. The van der Waals surface area contributed by atoms with Crippen molar-refractivity contribution in [3.05, 3.63) is 58.9 Å². The molecular formula is C18H15F3N2OS. The van der Waals surface area contributed by atoms with Crippen LogP contribution in [0.15, 0.2) is 58.2 Å². The number of fused-ring (bicyclic) bond motifs is 1. The van der Waals surface area contributed by atoms with Gasteiger partial charge in [0, 0.05) is 10.5 Å². The summed E-state index contributed by atoms with van der Waals surface area (Å²) < 4.78 is 40.8. The monoisotopic (exact) mass is 364 g/mol. The lowest BCUT2D eigenvalue weighted by Crippen LogP contribution is -2.34. The van der Waals surface area contributed by atoms with E-state index >= 15 is 0 Å². The Kier molecular flexibility index (Phi) is 4.60. The van der Waals surface area contributed by atoms with Crippen LogP contribution in [0.1, 0.15) is 13.0 Å². The van der Waals surface area contributed by atoms with E-state index in [1.54, 1.807) is 30.3 Å². The highest BCUT2D eigenvalue weighted by molar-refractivity contribution is 7.98. The zero-order valence-electron chi connectivity index (χ0n) is 13.5. The van der Waals surface area contributed by atoms with Gasteiger partial charge >= 0.3 is 6.18 Å². The molecule has 2 aromatic carbocycles. The van der Waals surface area contributed by atoms with Crippen molar-refractivity contribution in [3.8, 4) is 11.3 Å². The van der Waals surface area contributed by atoms with E-state index in [-0.39, 0.29) is 11.2 Å². The lowest BCUT2D eigenvalue weighted by atomic mass is 10.1. The second-order valence-electron chi connectivity index (χ2n) is 5.54. The van der Waals surface area contributed by atoms with Crippen molar-refractivity contribution < 1.29 is 13.2 Å². The number of hydrogen-bond acceptors (Lipinski definition) is 3. The molecule has 0 amide bonds. The van der Waals surface area contributed by atoms with Gasteiger partial charge in [0.15, 0.2) is 0 Å². The molecule has 0 aliphatic rings. The molecule has 1 heterocycles. The van der Waals surface area contributed by atoms with E-state index in [0.29, 0.717) is 11.1 Å². The highest BCUT2D eigenvalue weighted by Gasteiger charge is 2.39. The summed E-state index contributed by atoms with van der Waals surface area (Å²) in [5, 5.41) is 0. The van der Waals surface area contributed by atoms with E-state index in [2.05, 4.69) is 4.98 Å². The minimum atomic E-state index is -4.54. The summed E-state index contributed by atoms with van der Waals surface area (Å²) in [6.45, 7) is 0.984. The van der Waals surface area contributed by atoms with Crippen LogP contribution in [0.25, 0.3) is 22.3 Å². The first-order valence-corrected chi connectivity index (χ1v) is 8.78. The van der Waals surface area contributed by atoms with Crippen molar-refractivity contribution in [2.45, 2.75) is 24.0 Å². The normalized spacial score (nSPS) is 13.2. The zero-order chi connectivity index (χ0) is 18.2. The lowest BCUT2D eigenvalue weighted by molar-refractivity contribution is -0.162. The summed E-state index contributed by atoms with van der Waals surface area (Å²) in [6, 6.07) is 11.5. The zero-order valence-corrected chi connectivity index (χ0v) is 14.4. The molecule has 1 unspecified atom stereocenters. The summed E-state index contributed by atoms with van der Waals surface area (Å²) >= 11 is 1.41. The van der Waals surface area contributed by atoms with Gasteiger partial charge in [-0.2, -0.15) is 13.2 Å². The summed E-state index contributed by atoms with van der Waals surface area (Å²) in [5.41, 5.74) is 0.338.